The summed E-state index contributed by atoms with van der Waals surface area (Å²) in [6.07, 6.45) is 1.76. The molecule has 1 nitrogen and oxygen atoms in total. The van der Waals surface area contributed by atoms with E-state index in [9.17, 15) is 8.78 Å². The van der Waals surface area contributed by atoms with Gasteiger partial charge in [0.05, 0.1) is 5.69 Å². The molecule has 0 fully saturated rings. The highest BCUT2D eigenvalue weighted by Gasteiger charge is 2.21. The highest BCUT2D eigenvalue weighted by molar-refractivity contribution is 5.48. The maximum Gasteiger partial charge on any atom is 0.149 e. The van der Waals surface area contributed by atoms with E-state index in [0.29, 0.717) is 5.69 Å². The first-order chi connectivity index (χ1) is 8.72. The van der Waals surface area contributed by atoms with Gasteiger partial charge in [-0.2, -0.15) is 0 Å². The summed E-state index contributed by atoms with van der Waals surface area (Å²) >= 11 is 0. The molecule has 2 aromatic rings. The van der Waals surface area contributed by atoms with Crippen LogP contribution in [0.25, 0.3) is 0 Å². The van der Waals surface area contributed by atoms with Gasteiger partial charge in [-0.3, -0.25) is 0 Å². The minimum Gasteiger partial charge on any atom is -0.379 e. The summed E-state index contributed by atoms with van der Waals surface area (Å²) in [4.78, 5) is 0. The second kappa shape index (κ2) is 4.41. The van der Waals surface area contributed by atoms with Crippen molar-refractivity contribution >= 4 is 5.69 Å². The zero-order valence-corrected chi connectivity index (χ0v) is 9.79. The Kier molecular flexibility index (Phi) is 2.74. The third-order valence-electron chi connectivity index (χ3n) is 3.34. The molecule has 0 spiro atoms. The van der Waals surface area contributed by atoms with Gasteiger partial charge in [-0.05, 0) is 36.1 Å². The lowest BCUT2D eigenvalue weighted by Crippen LogP contribution is -2.20. The first-order valence-electron chi connectivity index (χ1n) is 6.01. The topological polar surface area (TPSA) is 12.0 Å². The Morgan fingerprint density at radius 3 is 2.22 bits per heavy atom. The number of anilines is 1. The molecule has 0 saturated heterocycles. The van der Waals surface area contributed by atoms with Crippen LogP contribution in [0.3, 0.4) is 0 Å². The smallest absolute Gasteiger partial charge is 0.149 e. The summed E-state index contributed by atoms with van der Waals surface area (Å²) in [5.41, 5.74) is 2.98. The minimum absolute atomic E-state index is 0.183. The Labute approximate surface area is 104 Å². The van der Waals surface area contributed by atoms with E-state index in [1.807, 2.05) is 12.1 Å². The number of halogens is 2. The van der Waals surface area contributed by atoms with Crippen LogP contribution in [0.15, 0.2) is 42.5 Å². The molecule has 0 atom stereocenters. The molecule has 0 radical (unpaired) electrons. The Balaban J connectivity index is 1.76. The molecule has 18 heavy (non-hydrogen) atoms. The number of benzene rings is 2. The normalized spacial score (nSPS) is 14.6. The molecule has 3 heteroatoms. The van der Waals surface area contributed by atoms with E-state index in [-0.39, 0.29) is 6.04 Å². The molecule has 0 amide bonds. The predicted molar refractivity (Wildman–Crippen MR) is 67.6 cm³/mol. The molecule has 0 bridgehead atoms. The quantitative estimate of drug-likeness (QED) is 0.853. The highest BCUT2D eigenvalue weighted by Crippen LogP contribution is 2.25. The van der Waals surface area contributed by atoms with Crippen LogP contribution in [-0.4, -0.2) is 6.04 Å². The van der Waals surface area contributed by atoms with Gasteiger partial charge in [0, 0.05) is 12.1 Å². The average molecular weight is 245 g/mol. The van der Waals surface area contributed by atoms with Crippen molar-refractivity contribution in [3.8, 4) is 0 Å². The fourth-order valence-corrected chi connectivity index (χ4v) is 2.49. The lowest BCUT2D eigenvalue weighted by molar-refractivity contribution is 0.583. The molecule has 1 aliphatic carbocycles. The van der Waals surface area contributed by atoms with Crippen LogP contribution >= 0.6 is 0 Å². The van der Waals surface area contributed by atoms with Gasteiger partial charge in [-0.25, -0.2) is 8.78 Å². The predicted octanol–water partition coefficient (Wildman–Crippen LogP) is 3.54. The van der Waals surface area contributed by atoms with E-state index < -0.39 is 11.6 Å². The van der Waals surface area contributed by atoms with Crippen LogP contribution in [0.1, 0.15) is 11.1 Å². The van der Waals surface area contributed by atoms with Crippen LogP contribution in [0.4, 0.5) is 14.5 Å². The second-order valence-corrected chi connectivity index (χ2v) is 4.64. The molecule has 0 aromatic heterocycles. The monoisotopic (exact) mass is 245 g/mol. The van der Waals surface area contributed by atoms with Crippen molar-refractivity contribution in [1.29, 1.82) is 0 Å². The zero-order chi connectivity index (χ0) is 12.5. The van der Waals surface area contributed by atoms with Crippen LogP contribution in [0.2, 0.25) is 0 Å². The van der Waals surface area contributed by atoms with E-state index in [4.69, 9.17) is 0 Å². The number of rotatable bonds is 2. The van der Waals surface area contributed by atoms with Crippen LogP contribution in [0.5, 0.6) is 0 Å². The van der Waals surface area contributed by atoms with Crippen molar-refractivity contribution in [1.82, 2.24) is 0 Å². The molecular weight excluding hydrogens is 232 g/mol. The molecule has 1 N–H and O–H groups in total. The van der Waals surface area contributed by atoms with Crippen LogP contribution < -0.4 is 5.32 Å². The van der Waals surface area contributed by atoms with Gasteiger partial charge in [0.25, 0.3) is 0 Å². The fourth-order valence-electron chi connectivity index (χ4n) is 2.49. The molecular formula is C15H13F2N. The van der Waals surface area contributed by atoms with E-state index in [0.717, 1.165) is 18.9 Å². The lowest BCUT2D eigenvalue weighted by atomic mass is 10.1. The SMILES string of the molecule is Fc1ccc(NC2Cc3ccccc3C2)c(F)c1. The zero-order valence-electron chi connectivity index (χ0n) is 9.79. The summed E-state index contributed by atoms with van der Waals surface area (Å²) in [6, 6.07) is 12.0. The Morgan fingerprint density at radius 1 is 0.944 bits per heavy atom. The van der Waals surface area contributed by atoms with E-state index >= 15 is 0 Å². The highest BCUT2D eigenvalue weighted by atomic mass is 19.1. The van der Waals surface area contributed by atoms with Crippen molar-refractivity contribution in [3.63, 3.8) is 0 Å². The molecule has 3 rings (SSSR count). The van der Waals surface area contributed by atoms with Crippen molar-refractivity contribution in [2.75, 3.05) is 5.32 Å². The van der Waals surface area contributed by atoms with Gasteiger partial charge < -0.3 is 5.32 Å². The standard InChI is InChI=1S/C15H13F2N/c16-12-5-6-15(14(17)9-12)18-13-7-10-3-1-2-4-11(10)8-13/h1-6,9,13,18H,7-8H2. The van der Waals surface area contributed by atoms with Gasteiger partial charge >= 0.3 is 0 Å². The van der Waals surface area contributed by atoms with Crippen molar-refractivity contribution in [3.05, 3.63) is 65.2 Å². The van der Waals surface area contributed by atoms with E-state index in [1.54, 1.807) is 0 Å². The minimum atomic E-state index is -0.548. The maximum absolute atomic E-state index is 13.5. The maximum atomic E-state index is 13.5. The molecule has 2 aromatic carbocycles. The number of hydrogen-bond acceptors (Lipinski definition) is 1. The van der Waals surface area contributed by atoms with Gasteiger partial charge in [-0.15, -0.1) is 0 Å². The molecule has 0 aliphatic heterocycles. The number of hydrogen-bond donors (Lipinski definition) is 1. The van der Waals surface area contributed by atoms with E-state index in [2.05, 4.69) is 17.4 Å². The van der Waals surface area contributed by atoms with Crippen molar-refractivity contribution in [2.24, 2.45) is 0 Å². The summed E-state index contributed by atoms with van der Waals surface area (Å²) in [5.74, 6) is -1.08. The van der Waals surface area contributed by atoms with E-state index in [1.165, 1.54) is 23.3 Å². The van der Waals surface area contributed by atoms with Crippen molar-refractivity contribution < 1.29 is 8.78 Å². The summed E-state index contributed by atoms with van der Waals surface area (Å²) in [6.45, 7) is 0. The third-order valence-corrected chi connectivity index (χ3v) is 3.34. The van der Waals surface area contributed by atoms with Crippen LogP contribution in [0, 0.1) is 11.6 Å². The fraction of sp³-hybridized carbons (Fsp3) is 0.200. The molecule has 0 unspecified atom stereocenters. The largest absolute Gasteiger partial charge is 0.379 e. The average Bonchev–Trinajstić information content (AvgIpc) is 2.75. The summed E-state index contributed by atoms with van der Waals surface area (Å²) in [7, 11) is 0. The summed E-state index contributed by atoms with van der Waals surface area (Å²) in [5, 5.41) is 3.14. The Morgan fingerprint density at radius 2 is 1.61 bits per heavy atom. The van der Waals surface area contributed by atoms with Crippen molar-refractivity contribution in [2.45, 2.75) is 18.9 Å². The molecule has 0 heterocycles. The Bertz CT molecular complexity index is 555. The number of fused-ring (bicyclic) bond motifs is 1. The van der Waals surface area contributed by atoms with Gasteiger partial charge in [0.2, 0.25) is 0 Å². The van der Waals surface area contributed by atoms with Gasteiger partial charge in [0.1, 0.15) is 11.6 Å². The molecule has 1 aliphatic rings. The summed E-state index contributed by atoms with van der Waals surface area (Å²) < 4.78 is 26.3. The van der Waals surface area contributed by atoms with Crippen LogP contribution in [-0.2, 0) is 12.8 Å². The lowest BCUT2D eigenvalue weighted by Gasteiger charge is -2.14. The second-order valence-electron chi connectivity index (χ2n) is 4.64. The number of nitrogens with one attached hydrogen (secondary N) is 1. The molecule has 92 valence electrons. The van der Waals surface area contributed by atoms with Gasteiger partial charge in [-0.1, -0.05) is 24.3 Å². The van der Waals surface area contributed by atoms with Gasteiger partial charge in [0.15, 0.2) is 0 Å². The first-order valence-corrected chi connectivity index (χ1v) is 6.01. The Hall–Kier alpha value is -1.90. The first kappa shape index (κ1) is 11.2. The molecule has 0 saturated carbocycles. The third kappa shape index (κ3) is 2.08.